The fourth-order valence-electron chi connectivity index (χ4n) is 7.07. The van der Waals surface area contributed by atoms with Gasteiger partial charge < -0.3 is 46.7 Å². The first kappa shape index (κ1) is 44.7. The van der Waals surface area contributed by atoms with Gasteiger partial charge in [-0.2, -0.15) is 0 Å². The molecule has 1 aliphatic carbocycles. The first-order valence-corrected chi connectivity index (χ1v) is 19.8. The fourth-order valence-corrected chi connectivity index (χ4v) is 7.07. The summed E-state index contributed by atoms with van der Waals surface area (Å²) in [7, 11) is 0. The van der Waals surface area contributed by atoms with E-state index in [1.54, 1.807) is 67.6 Å². The number of para-hydroxylation sites is 1. The van der Waals surface area contributed by atoms with E-state index in [2.05, 4.69) is 26.6 Å². The second-order valence-corrected chi connectivity index (χ2v) is 15.0. The SMILES string of the molecule is CCCC(NC(=O)[C@@H]1C[C@@H](NC(=O)Oc2ccccc2)CN1C(=O)[C@@H](NC(=O)OCC(C)C)C1CCCCC1)C(=O)C(=O)NCC(=O)N[C@H](C(N)=O)c1ccccc1. The van der Waals surface area contributed by atoms with Crippen LogP contribution in [0, 0.1) is 11.8 Å². The molecule has 0 spiro atoms. The van der Waals surface area contributed by atoms with E-state index < -0.39 is 84.3 Å². The van der Waals surface area contributed by atoms with Gasteiger partial charge in [0.15, 0.2) is 0 Å². The molecule has 2 aromatic carbocycles. The van der Waals surface area contributed by atoms with E-state index in [1.165, 1.54) is 4.90 Å². The number of likely N-dealkylation sites (tertiary alicyclic amines) is 1. The van der Waals surface area contributed by atoms with E-state index in [0.717, 1.165) is 19.3 Å². The number of primary amides is 1. The molecule has 314 valence electrons. The molecule has 17 heteroatoms. The van der Waals surface area contributed by atoms with Crippen molar-refractivity contribution in [3.8, 4) is 5.75 Å². The Morgan fingerprint density at radius 1 is 0.845 bits per heavy atom. The average Bonchev–Trinajstić information content (AvgIpc) is 3.64. The number of ether oxygens (including phenoxy) is 2. The molecule has 4 rings (SSSR count). The standard InChI is InChI=1S/C41H55N7O10/c1-4-14-30(35(50)38(53)43-22-32(49)46-33(36(42)51)26-15-8-5-9-16-26)45-37(52)31-21-28(44-41(56)58-29-19-12-7-13-20-29)23-48(31)39(54)34(27-17-10-6-11-18-27)47-40(55)57-24-25(2)3/h5,7-9,12-13,15-16,19-20,25,27-28,30-31,33-34H,4,6,10-11,14,17-18,21-24H2,1-3H3,(H2,42,51)(H,43,53)(H,44,56)(H,45,52)(H,46,49)(H,47,55)/t28-,30?,31+,33+,34+/m1/s1. The molecule has 1 heterocycles. The Hall–Kier alpha value is -6.00. The van der Waals surface area contributed by atoms with Crippen molar-refractivity contribution < 1.29 is 47.8 Å². The van der Waals surface area contributed by atoms with Gasteiger partial charge in [-0.1, -0.05) is 95.0 Å². The van der Waals surface area contributed by atoms with Crippen molar-refractivity contribution in [1.29, 1.82) is 0 Å². The van der Waals surface area contributed by atoms with E-state index in [-0.39, 0.29) is 43.6 Å². The maximum atomic E-state index is 14.5. The number of ketones is 1. The fraction of sp³-hybridized carbons (Fsp3) is 0.512. The van der Waals surface area contributed by atoms with Gasteiger partial charge in [-0.3, -0.25) is 28.8 Å². The molecule has 1 unspecified atom stereocenters. The topological polar surface area (TPSA) is 244 Å². The lowest BCUT2D eigenvalue weighted by atomic mass is 9.83. The number of benzene rings is 2. The third-order valence-corrected chi connectivity index (χ3v) is 9.94. The summed E-state index contributed by atoms with van der Waals surface area (Å²) in [6.07, 6.45) is 2.76. The van der Waals surface area contributed by atoms with Gasteiger partial charge in [-0.25, -0.2) is 9.59 Å². The number of nitrogens with zero attached hydrogens (tertiary/aromatic N) is 1. The zero-order valence-corrected chi connectivity index (χ0v) is 33.2. The smallest absolute Gasteiger partial charge is 0.412 e. The van der Waals surface area contributed by atoms with E-state index >= 15 is 0 Å². The third kappa shape index (κ3) is 13.3. The van der Waals surface area contributed by atoms with Crippen LogP contribution in [0.2, 0.25) is 0 Å². The number of carbonyl (C=O) groups is 8. The van der Waals surface area contributed by atoms with E-state index in [9.17, 15) is 38.4 Å². The number of alkyl carbamates (subject to hydrolysis) is 1. The highest BCUT2D eigenvalue weighted by Gasteiger charge is 2.45. The first-order chi connectivity index (χ1) is 27.8. The van der Waals surface area contributed by atoms with Crippen molar-refractivity contribution in [3.63, 3.8) is 0 Å². The molecule has 1 aliphatic heterocycles. The first-order valence-electron chi connectivity index (χ1n) is 19.8. The summed E-state index contributed by atoms with van der Waals surface area (Å²) in [6, 6.07) is 11.0. The highest BCUT2D eigenvalue weighted by Crippen LogP contribution is 2.30. The van der Waals surface area contributed by atoms with Crippen molar-refractivity contribution >= 4 is 47.5 Å². The van der Waals surface area contributed by atoms with Crippen LogP contribution in [0.1, 0.15) is 83.7 Å². The molecule has 0 radical (unpaired) electrons. The Kier molecular flexibility index (Phi) is 17.0. The van der Waals surface area contributed by atoms with Gasteiger partial charge in [0, 0.05) is 6.54 Å². The number of rotatable bonds is 18. The van der Waals surface area contributed by atoms with Gasteiger partial charge in [0.1, 0.15) is 23.9 Å². The van der Waals surface area contributed by atoms with E-state index in [0.29, 0.717) is 24.8 Å². The molecule has 5 atom stereocenters. The molecule has 7 N–H and O–H groups in total. The zero-order valence-electron chi connectivity index (χ0n) is 33.2. The Morgan fingerprint density at radius 3 is 2.12 bits per heavy atom. The van der Waals surface area contributed by atoms with Crippen LogP contribution < -0.4 is 37.1 Å². The van der Waals surface area contributed by atoms with Crippen molar-refractivity contribution in [2.75, 3.05) is 19.7 Å². The Labute approximate surface area is 337 Å². The lowest BCUT2D eigenvalue weighted by Crippen LogP contribution is -2.58. The molecule has 0 aromatic heterocycles. The number of nitrogens with one attached hydrogen (secondary N) is 5. The number of amides is 7. The number of nitrogens with two attached hydrogens (primary N) is 1. The molecular weight excluding hydrogens is 750 g/mol. The minimum Gasteiger partial charge on any atom is -0.449 e. The van der Waals surface area contributed by atoms with Gasteiger partial charge in [-0.05, 0) is 55.2 Å². The zero-order chi connectivity index (χ0) is 42.2. The van der Waals surface area contributed by atoms with Crippen LogP contribution in [-0.4, -0.2) is 96.3 Å². The monoisotopic (exact) mass is 805 g/mol. The van der Waals surface area contributed by atoms with Gasteiger partial charge in [-0.15, -0.1) is 0 Å². The van der Waals surface area contributed by atoms with Gasteiger partial charge in [0.2, 0.25) is 29.4 Å². The predicted octanol–water partition coefficient (Wildman–Crippen LogP) is 2.39. The van der Waals surface area contributed by atoms with Crippen molar-refractivity contribution in [3.05, 3.63) is 66.2 Å². The second-order valence-electron chi connectivity index (χ2n) is 15.0. The van der Waals surface area contributed by atoms with Gasteiger partial charge in [0.25, 0.3) is 5.91 Å². The molecule has 1 saturated heterocycles. The Morgan fingerprint density at radius 2 is 1.50 bits per heavy atom. The molecule has 17 nitrogen and oxygen atoms in total. The summed E-state index contributed by atoms with van der Waals surface area (Å²) in [4.78, 5) is 107. The number of hydrogen-bond acceptors (Lipinski definition) is 10. The van der Waals surface area contributed by atoms with Crippen LogP contribution in [0.25, 0.3) is 0 Å². The van der Waals surface area contributed by atoms with Gasteiger partial charge in [0.05, 0.1) is 25.2 Å². The number of hydrogen-bond donors (Lipinski definition) is 6. The molecule has 58 heavy (non-hydrogen) atoms. The van der Waals surface area contributed by atoms with Crippen molar-refractivity contribution in [2.45, 2.75) is 102 Å². The Bertz CT molecular complexity index is 1750. The molecule has 0 bridgehead atoms. The third-order valence-electron chi connectivity index (χ3n) is 9.94. The largest absolute Gasteiger partial charge is 0.449 e. The Balaban J connectivity index is 1.50. The summed E-state index contributed by atoms with van der Waals surface area (Å²) in [5, 5.41) is 12.8. The van der Waals surface area contributed by atoms with Crippen LogP contribution in [0.5, 0.6) is 5.75 Å². The lowest BCUT2D eigenvalue weighted by molar-refractivity contribution is -0.143. The second kappa shape index (κ2) is 22.1. The van der Waals surface area contributed by atoms with E-state index in [1.807, 2.05) is 13.8 Å². The quantitative estimate of drug-likeness (QED) is 0.120. The maximum absolute atomic E-state index is 14.5. The molecule has 2 aliphatic rings. The predicted molar refractivity (Wildman–Crippen MR) is 211 cm³/mol. The molecule has 7 amide bonds. The van der Waals surface area contributed by atoms with Crippen molar-refractivity contribution in [1.82, 2.24) is 31.5 Å². The molecule has 2 aromatic rings. The van der Waals surface area contributed by atoms with Gasteiger partial charge >= 0.3 is 12.2 Å². The van der Waals surface area contributed by atoms with Crippen LogP contribution in [-0.2, 0) is 33.5 Å². The number of Topliss-reactive ketones (excluding diaryl/α,β-unsaturated/α-hetero) is 1. The molecular formula is C41H55N7O10. The van der Waals surface area contributed by atoms with Crippen LogP contribution in [0.15, 0.2) is 60.7 Å². The summed E-state index contributed by atoms with van der Waals surface area (Å²) in [6.45, 7) is 4.85. The summed E-state index contributed by atoms with van der Waals surface area (Å²) in [5.41, 5.74) is 5.90. The summed E-state index contributed by atoms with van der Waals surface area (Å²) in [5.74, 6) is -5.04. The van der Waals surface area contributed by atoms with Crippen molar-refractivity contribution in [2.24, 2.45) is 17.6 Å². The maximum Gasteiger partial charge on any atom is 0.412 e. The molecule has 2 fully saturated rings. The minimum absolute atomic E-state index is 0.0433. The highest BCUT2D eigenvalue weighted by molar-refractivity contribution is 6.38. The van der Waals surface area contributed by atoms with Crippen LogP contribution >= 0.6 is 0 Å². The number of carbonyl (C=O) groups excluding carboxylic acids is 8. The summed E-state index contributed by atoms with van der Waals surface area (Å²) >= 11 is 0. The normalized spacial score (nSPS) is 18.2. The minimum atomic E-state index is -1.34. The lowest BCUT2D eigenvalue weighted by Gasteiger charge is -2.34. The molecule has 1 saturated carbocycles. The summed E-state index contributed by atoms with van der Waals surface area (Å²) < 4.78 is 10.8. The highest BCUT2D eigenvalue weighted by atomic mass is 16.6. The van der Waals surface area contributed by atoms with E-state index in [4.69, 9.17) is 15.2 Å². The van der Waals surface area contributed by atoms with Crippen LogP contribution in [0.4, 0.5) is 9.59 Å². The van der Waals surface area contributed by atoms with Crippen LogP contribution in [0.3, 0.4) is 0 Å². The average molecular weight is 806 g/mol.